The number of hydrogen-bond acceptors (Lipinski definition) is 4. The van der Waals surface area contributed by atoms with Crippen LogP contribution in [0.15, 0.2) is 0 Å². The third-order valence-corrected chi connectivity index (χ3v) is 2.82. The molecule has 0 saturated carbocycles. The quantitative estimate of drug-likeness (QED) is 0.792. The molecule has 0 spiro atoms. The Morgan fingerprint density at radius 2 is 1.89 bits per heavy atom. The van der Waals surface area contributed by atoms with Crippen LogP contribution in [0.3, 0.4) is 0 Å². The van der Waals surface area contributed by atoms with Crippen LogP contribution in [-0.2, 0) is 9.47 Å². The Balaban J connectivity index is 2.59. The molecule has 1 aliphatic heterocycles. The molecule has 1 rings (SSSR count). The van der Waals surface area contributed by atoms with Crippen LogP contribution in [-0.4, -0.2) is 48.9 Å². The highest BCUT2D eigenvalue weighted by Gasteiger charge is 2.31. The van der Waals surface area contributed by atoms with E-state index in [1.165, 1.54) is 7.11 Å². The number of hydrogen-bond donors (Lipinski definition) is 1. The molecule has 0 radical (unpaired) electrons. The van der Waals surface area contributed by atoms with Crippen molar-refractivity contribution in [2.24, 2.45) is 5.92 Å². The summed E-state index contributed by atoms with van der Waals surface area (Å²) in [6.45, 7) is 8.65. The van der Waals surface area contributed by atoms with Crippen LogP contribution in [0.5, 0.6) is 0 Å². The fraction of sp³-hybridized carbons (Fsp3) is 0.846. The summed E-state index contributed by atoms with van der Waals surface area (Å²) >= 11 is 0. The summed E-state index contributed by atoms with van der Waals surface area (Å²) in [7, 11) is 1.33. The number of ether oxygens (including phenoxy) is 2. The van der Waals surface area contributed by atoms with Crippen molar-refractivity contribution in [3.63, 3.8) is 0 Å². The van der Waals surface area contributed by atoms with Crippen molar-refractivity contribution in [3.8, 4) is 0 Å². The molecule has 1 N–H and O–H groups in total. The third kappa shape index (κ3) is 5.36. The molecule has 1 saturated heterocycles. The Morgan fingerprint density at radius 1 is 1.26 bits per heavy atom. The predicted molar refractivity (Wildman–Crippen MR) is 70.9 cm³/mol. The van der Waals surface area contributed by atoms with Crippen LogP contribution in [0.1, 0.15) is 34.1 Å². The second kappa shape index (κ2) is 6.12. The number of amides is 2. The predicted octanol–water partition coefficient (Wildman–Crippen LogP) is 1.99. The highest BCUT2D eigenvalue weighted by atomic mass is 16.6. The summed E-state index contributed by atoms with van der Waals surface area (Å²) in [5, 5.41) is 2.74. The van der Waals surface area contributed by atoms with Crippen LogP contribution in [0.2, 0.25) is 0 Å². The molecule has 0 aromatic heterocycles. The molecule has 2 amide bonds. The van der Waals surface area contributed by atoms with Crippen molar-refractivity contribution in [2.75, 3.05) is 20.2 Å². The topological polar surface area (TPSA) is 67.9 Å². The van der Waals surface area contributed by atoms with E-state index < -0.39 is 11.7 Å². The summed E-state index contributed by atoms with van der Waals surface area (Å²) in [5.74, 6) is 0.309. The summed E-state index contributed by atoms with van der Waals surface area (Å²) < 4.78 is 9.93. The van der Waals surface area contributed by atoms with Crippen molar-refractivity contribution in [1.82, 2.24) is 10.2 Å². The minimum atomic E-state index is -0.511. The summed E-state index contributed by atoms with van der Waals surface area (Å²) in [5.41, 5.74) is -0.511. The van der Waals surface area contributed by atoms with Crippen molar-refractivity contribution in [2.45, 2.75) is 45.8 Å². The zero-order valence-corrected chi connectivity index (χ0v) is 12.4. The van der Waals surface area contributed by atoms with E-state index in [-0.39, 0.29) is 12.1 Å². The van der Waals surface area contributed by atoms with E-state index in [1.54, 1.807) is 4.90 Å². The molecule has 0 unspecified atom stereocenters. The number of nitrogens with zero attached hydrogens (tertiary/aromatic N) is 1. The van der Waals surface area contributed by atoms with Gasteiger partial charge in [0.1, 0.15) is 5.60 Å². The van der Waals surface area contributed by atoms with Crippen LogP contribution < -0.4 is 5.32 Å². The van der Waals surface area contributed by atoms with Gasteiger partial charge >= 0.3 is 12.2 Å². The molecule has 1 aliphatic rings. The van der Waals surface area contributed by atoms with Gasteiger partial charge in [0.05, 0.1) is 13.2 Å². The molecular formula is C13H24N2O4. The lowest BCUT2D eigenvalue weighted by Crippen LogP contribution is -2.53. The highest BCUT2D eigenvalue weighted by Crippen LogP contribution is 2.19. The lowest BCUT2D eigenvalue weighted by molar-refractivity contribution is 0.0136. The van der Waals surface area contributed by atoms with Gasteiger partial charge < -0.3 is 19.7 Å². The molecule has 6 nitrogen and oxygen atoms in total. The molecule has 1 heterocycles. The summed E-state index contributed by atoms with van der Waals surface area (Å²) in [4.78, 5) is 24.9. The van der Waals surface area contributed by atoms with Crippen molar-refractivity contribution in [3.05, 3.63) is 0 Å². The average Bonchev–Trinajstić information content (AvgIpc) is 2.25. The highest BCUT2D eigenvalue weighted by molar-refractivity contribution is 5.69. The van der Waals surface area contributed by atoms with E-state index in [0.717, 1.165) is 6.42 Å². The number of carbonyl (C=O) groups excluding carboxylic acids is 2. The number of likely N-dealkylation sites (tertiary alicyclic amines) is 1. The first-order valence-corrected chi connectivity index (χ1v) is 6.53. The standard InChI is InChI=1S/C13H24N2O4/c1-9-6-10(14-11(16)18-5)8-15(7-9)12(17)19-13(2,3)4/h9-10H,6-8H2,1-5H3,(H,14,16)/t9-,10+/m0/s1. The van der Waals surface area contributed by atoms with E-state index in [0.29, 0.717) is 19.0 Å². The number of rotatable bonds is 1. The maximum absolute atomic E-state index is 12.0. The van der Waals surface area contributed by atoms with Crippen molar-refractivity contribution in [1.29, 1.82) is 0 Å². The van der Waals surface area contributed by atoms with Gasteiger partial charge in [-0.15, -0.1) is 0 Å². The molecule has 2 atom stereocenters. The minimum absolute atomic E-state index is 0.0938. The molecule has 0 aromatic rings. The van der Waals surface area contributed by atoms with E-state index in [2.05, 4.69) is 10.1 Å². The number of alkyl carbamates (subject to hydrolysis) is 1. The maximum Gasteiger partial charge on any atom is 0.410 e. The van der Waals surface area contributed by atoms with Gasteiger partial charge in [-0.1, -0.05) is 6.92 Å². The van der Waals surface area contributed by atoms with Gasteiger partial charge in [-0.2, -0.15) is 0 Å². The average molecular weight is 272 g/mol. The number of carbonyl (C=O) groups is 2. The summed E-state index contributed by atoms with van der Waals surface area (Å²) in [6.07, 6.45) is 0.0213. The Bertz CT molecular complexity index is 338. The lowest BCUT2D eigenvalue weighted by atomic mass is 9.96. The minimum Gasteiger partial charge on any atom is -0.453 e. The molecular weight excluding hydrogens is 248 g/mol. The zero-order valence-electron chi connectivity index (χ0n) is 12.4. The lowest BCUT2D eigenvalue weighted by Gasteiger charge is -2.37. The monoisotopic (exact) mass is 272 g/mol. The van der Waals surface area contributed by atoms with E-state index >= 15 is 0 Å². The van der Waals surface area contributed by atoms with Gasteiger partial charge in [0.25, 0.3) is 0 Å². The smallest absolute Gasteiger partial charge is 0.410 e. The normalized spacial score (nSPS) is 23.7. The SMILES string of the molecule is COC(=O)N[C@@H]1C[C@H](C)CN(C(=O)OC(C)(C)C)C1. The molecule has 19 heavy (non-hydrogen) atoms. The Morgan fingerprint density at radius 3 is 2.42 bits per heavy atom. The Hall–Kier alpha value is -1.46. The molecule has 1 fully saturated rings. The maximum atomic E-state index is 12.0. The molecule has 0 bridgehead atoms. The van der Waals surface area contributed by atoms with E-state index in [9.17, 15) is 9.59 Å². The van der Waals surface area contributed by atoms with Crippen LogP contribution in [0.25, 0.3) is 0 Å². The van der Waals surface area contributed by atoms with Gasteiger partial charge in [-0.3, -0.25) is 0 Å². The van der Waals surface area contributed by atoms with Crippen molar-refractivity contribution >= 4 is 12.2 Å². The molecule has 0 aromatic carbocycles. The van der Waals surface area contributed by atoms with Gasteiger partial charge in [0.2, 0.25) is 0 Å². The van der Waals surface area contributed by atoms with Crippen LogP contribution >= 0.6 is 0 Å². The van der Waals surface area contributed by atoms with Crippen LogP contribution in [0, 0.1) is 5.92 Å². The van der Waals surface area contributed by atoms with Crippen molar-refractivity contribution < 1.29 is 19.1 Å². The first kappa shape index (κ1) is 15.6. The first-order valence-electron chi connectivity index (χ1n) is 6.53. The Kier molecular flexibility index (Phi) is 5.03. The molecule has 6 heteroatoms. The van der Waals surface area contributed by atoms with Gasteiger partial charge in [-0.25, -0.2) is 9.59 Å². The van der Waals surface area contributed by atoms with E-state index in [1.807, 2.05) is 27.7 Å². The van der Waals surface area contributed by atoms with Gasteiger partial charge in [0, 0.05) is 13.1 Å². The fourth-order valence-electron chi connectivity index (χ4n) is 2.16. The fourth-order valence-corrected chi connectivity index (χ4v) is 2.16. The second-order valence-electron chi connectivity index (χ2n) is 6.06. The molecule has 0 aliphatic carbocycles. The van der Waals surface area contributed by atoms with Crippen LogP contribution in [0.4, 0.5) is 9.59 Å². The zero-order chi connectivity index (χ0) is 14.6. The summed E-state index contributed by atoms with van der Waals surface area (Å²) in [6, 6.07) is -0.0938. The van der Waals surface area contributed by atoms with Gasteiger partial charge in [0.15, 0.2) is 0 Å². The largest absolute Gasteiger partial charge is 0.453 e. The number of nitrogens with one attached hydrogen (secondary N) is 1. The van der Waals surface area contributed by atoms with Gasteiger partial charge in [-0.05, 0) is 33.1 Å². The first-order chi connectivity index (χ1) is 8.71. The Labute approximate surface area is 114 Å². The van der Waals surface area contributed by atoms with E-state index in [4.69, 9.17) is 4.74 Å². The molecule has 110 valence electrons. The third-order valence-electron chi connectivity index (χ3n) is 2.82. The number of methoxy groups -OCH3 is 1. The number of piperidine rings is 1. The second-order valence-corrected chi connectivity index (χ2v) is 6.06.